The molecule has 0 radical (unpaired) electrons. The summed E-state index contributed by atoms with van der Waals surface area (Å²) in [6, 6.07) is 4.62. The van der Waals surface area contributed by atoms with Crippen LogP contribution in [0.15, 0.2) is 27.6 Å². The molecule has 0 spiro atoms. The Morgan fingerprint density at radius 2 is 2.06 bits per heavy atom. The maximum Gasteiger partial charge on any atom is 0.257 e. The molecule has 1 amide bonds. The van der Waals surface area contributed by atoms with Crippen molar-refractivity contribution in [3.05, 3.63) is 28.2 Å². The van der Waals surface area contributed by atoms with Gasteiger partial charge >= 0.3 is 0 Å². The molecule has 1 rings (SSSR count). The molecule has 0 aliphatic rings. The summed E-state index contributed by atoms with van der Waals surface area (Å²) in [5.41, 5.74) is 2.92. The first kappa shape index (κ1) is 14.1. The van der Waals surface area contributed by atoms with Crippen molar-refractivity contribution in [1.82, 2.24) is 10.3 Å². The Morgan fingerprint density at radius 3 is 2.59 bits per heavy atom. The summed E-state index contributed by atoms with van der Waals surface area (Å²) in [5.74, 6) is -0.387. The van der Waals surface area contributed by atoms with E-state index >= 15 is 0 Å². The maximum absolute atomic E-state index is 11.8. The van der Waals surface area contributed by atoms with Crippen LogP contribution in [0.25, 0.3) is 0 Å². The monoisotopic (exact) mass is 320 g/mol. The quantitative estimate of drug-likeness (QED) is 0.825. The third kappa shape index (κ3) is 3.79. The van der Waals surface area contributed by atoms with E-state index in [2.05, 4.69) is 21.4 Å². The number of sulfonamides is 1. The first-order valence-electron chi connectivity index (χ1n) is 4.93. The second-order valence-electron chi connectivity index (χ2n) is 3.42. The zero-order valence-electron chi connectivity index (χ0n) is 9.45. The molecular weight excluding hydrogens is 308 g/mol. The molecule has 7 heteroatoms. The average molecular weight is 321 g/mol. The summed E-state index contributed by atoms with van der Waals surface area (Å²) >= 11 is 3.28. The van der Waals surface area contributed by atoms with Crippen LogP contribution < -0.4 is 10.3 Å². The first-order valence-corrected chi connectivity index (χ1v) is 7.21. The van der Waals surface area contributed by atoms with E-state index in [-0.39, 0.29) is 17.2 Å². The van der Waals surface area contributed by atoms with Gasteiger partial charge in [-0.3, -0.25) is 10.2 Å². The number of hydrogen-bond donors (Lipinski definition) is 2. The van der Waals surface area contributed by atoms with Crippen LogP contribution in [0.1, 0.15) is 18.9 Å². The normalized spacial score (nSPS) is 11.2. The van der Waals surface area contributed by atoms with Crippen molar-refractivity contribution in [2.24, 2.45) is 0 Å². The number of carbonyl (C=O) groups is 1. The lowest BCUT2D eigenvalue weighted by Gasteiger charge is -2.08. The van der Waals surface area contributed by atoms with Crippen LogP contribution in [0.4, 0.5) is 0 Å². The van der Waals surface area contributed by atoms with Crippen molar-refractivity contribution in [3.63, 3.8) is 0 Å². The summed E-state index contributed by atoms with van der Waals surface area (Å²) in [6.45, 7) is 3.42. The number of benzene rings is 1. The Bertz CT molecular complexity index is 528. The third-order valence-corrected chi connectivity index (χ3v) is 4.22. The Labute approximate surface area is 109 Å². The molecule has 0 aromatic heterocycles. The summed E-state index contributed by atoms with van der Waals surface area (Å²) in [4.78, 5) is 13.1. The van der Waals surface area contributed by atoms with Crippen molar-refractivity contribution in [1.29, 1.82) is 0 Å². The van der Waals surface area contributed by atoms with Crippen molar-refractivity contribution in [2.75, 3.05) is 0 Å². The topological polar surface area (TPSA) is 75.3 Å². The molecule has 94 valence electrons. The molecule has 17 heavy (non-hydrogen) atoms. The van der Waals surface area contributed by atoms with Gasteiger partial charge < -0.3 is 0 Å². The van der Waals surface area contributed by atoms with Crippen molar-refractivity contribution in [3.8, 4) is 0 Å². The first-order chi connectivity index (χ1) is 7.86. The molecule has 1 aromatic rings. The maximum atomic E-state index is 11.8. The molecule has 0 aliphatic carbocycles. The smallest absolute Gasteiger partial charge is 0.257 e. The van der Waals surface area contributed by atoms with Gasteiger partial charge in [0.15, 0.2) is 0 Å². The van der Waals surface area contributed by atoms with Gasteiger partial charge in [-0.15, -0.1) is 4.83 Å². The van der Waals surface area contributed by atoms with Crippen molar-refractivity contribution < 1.29 is 13.2 Å². The number of nitrogens with one attached hydrogen (secondary N) is 2. The number of aryl methyl sites for hydroxylation is 1. The SMILES string of the molecule is CCC(=O)NNS(=O)(=O)c1ccc(Br)c(C)c1. The Balaban J connectivity index is 2.90. The largest absolute Gasteiger partial charge is 0.278 e. The van der Waals surface area contributed by atoms with Gasteiger partial charge in [-0.25, -0.2) is 8.42 Å². The van der Waals surface area contributed by atoms with Crippen molar-refractivity contribution >= 4 is 31.9 Å². The zero-order valence-corrected chi connectivity index (χ0v) is 11.9. The molecular formula is C10H13BrN2O3S. The number of amides is 1. The molecule has 0 fully saturated rings. The number of halogens is 1. The molecule has 0 unspecified atom stereocenters. The lowest BCUT2D eigenvalue weighted by Crippen LogP contribution is -2.41. The van der Waals surface area contributed by atoms with E-state index in [0.717, 1.165) is 10.0 Å². The van der Waals surface area contributed by atoms with Gasteiger partial charge in [0.2, 0.25) is 5.91 Å². The van der Waals surface area contributed by atoms with Crippen LogP contribution in [-0.2, 0) is 14.8 Å². The van der Waals surface area contributed by atoms with E-state index in [9.17, 15) is 13.2 Å². The summed E-state index contributed by atoms with van der Waals surface area (Å²) in [7, 11) is -3.71. The van der Waals surface area contributed by atoms with E-state index in [1.807, 2.05) is 4.83 Å². The lowest BCUT2D eigenvalue weighted by molar-refractivity contribution is -0.121. The predicted octanol–water partition coefficient (Wildman–Crippen LogP) is 1.48. The van der Waals surface area contributed by atoms with Gasteiger partial charge in [0, 0.05) is 10.9 Å². The highest BCUT2D eigenvalue weighted by molar-refractivity contribution is 9.10. The minimum absolute atomic E-state index is 0.106. The molecule has 5 nitrogen and oxygen atoms in total. The number of hydrazine groups is 1. The van der Waals surface area contributed by atoms with Crippen LogP contribution in [0.2, 0.25) is 0 Å². The zero-order chi connectivity index (χ0) is 13.1. The molecule has 0 aliphatic heterocycles. The van der Waals surface area contributed by atoms with E-state index in [1.54, 1.807) is 19.9 Å². The number of carbonyl (C=O) groups excluding carboxylic acids is 1. The van der Waals surface area contributed by atoms with E-state index < -0.39 is 10.0 Å². The Morgan fingerprint density at radius 1 is 1.41 bits per heavy atom. The van der Waals surface area contributed by atoms with Crippen LogP contribution in [0, 0.1) is 6.92 Å². The van der Waals surface area contributed by atoms with Crippen LogP contribution >= 0.6 is 15.9 Å². The fourth-order valence-electron chi connectivity index (χ4n) is 1.06. The minimum Gasteiger partial charge on any atom is -0.278 e. The third-order valence-electron chi connectivity index (χ3n) is 2.09. The molecule has 0 atom stereocenters. The highest BCUT2D eigenvalue weighted by Crippen LogP contribution is 2.19. The molecule has 0 bridgehead atoms. The standard InChI is InChI=1S/C10H13BrN2O3S/c1-3-10(14)12-13-17(15,16)8-4-5-9(11)7(2)6-8/h4-6,13H,3H2,1-2H3,(H,12,14). The molecule has 0 saturated carbocycles. The van der Waals surface area contributed by atoms with E-state index in [0.29, 0.717) is 0 Å². The highest BCUT2D eigenvalue weighted by atomic mass is 79.9. The van der Waals surface area contributed by atoms with Gasteiger partial charge in [-0.1, -0.05) is 22.9 Å². The summed E-state index contributed by atoms with van der Waals surface area (Å²) in [6.07, 6.45) is 0.210. The van der Waals surface area contributed by atoms with Gasteiger partial charge in [0.1, 0.15) is 0 Å². The lowest BCUT2D eigenvalue weighted by atomic mass is 10.2. The van der Waals surface area contributed by atoms with Gasteiger partial charge in [-0.2, -0.15) is 0 Å². The fourth-order valence-corrected chi connectivity index (χ4v) is 2.25. The van der Waals surface area contributed by atoms with Crippen LogP contribution in [0.3, 0.4) is 0 Å². The number of hydrogen-bond acceptors (Lipinski definition) is 3. The summed E-state index contributed by atoms with van der Waals surface area (Å²) in [5, 5.41) is 0. The molecule has 0 saturated heterocycles. The van der Waals surface area contributed by atoms with Gasteiger partial charge in [-0.05, 0) is 30.7 Å². The Kier molecular flexibility index (Phi) is 4.67. The molecule has 2 N–H and O–H groups in total. The fraction of sp³-hybridized carbons (Fsp3) is 0.300. The second-order valence-corrected chi connectivity index (χ2v) is 5.95. The van der Waals surface area contributed by atoms with Crippen molar-refractivity contribution in [2.45, 2.75) is 25.2 Å². The average Bonchev–Trinajstić information content (AvgIpc) is 2.29. The van der Waals surface area contributed by atoms with Crippen LogP contribution in [-0.4, -0.2) is 14.3 Å². The van der Waals surface area contributed by atoms with E-state index in [1.165, 1.54) is 12.1 Å². The molecule has 0 heterocycles. The number of rotatable bonds is 4. The molecule has 1 aromatic carbocycles. The van der Waals surface area contributed by atoms with Crippen LogP contribution in [0.5, 0.6) is 0 Å². The summed E-state index contributed by atoms with van der Waals surface area (Å²) < 4.78 is 24.4. The van der Waals surface area contributed by atoms with Gasteiger partial charge in [0.05, 0.1) is 4.90 Å². The predicted molar refractivity (Wildman–Crippen MR) is 67.6 cm³/mol. The highest BCUT2D eigenvalue weighted by Gasteiger charge is 2.15. The van der Waals surface area contributed by atoms with Gasteiger partial charge in [0.25, 0.3) is 10.0 Å². The second kappa shape index (κ2) is 5.61. The van der Waals surface area contributed by atoms with E-state index in [4.69, 9.17) is 0 Å². The minimum atomic E-state index is -3.71. The Hall–Kier alpha value is -0.920.